The molecule has 3 nitrogen and oxygen atoms in total. The van der Waals surface area contributed by atoms with Gasteiger partial charge < -0.3 is 0 Å². The Morgan fingerprint density at radius 3 is 2.40 bits per heavy atom. The highest BCUT2D eigenvalue weighted by Gasteiger charge is 2.27. The van der Waals surface area contributed by atoms with Gasteiger partial charge in [0, 0.05) is 50.7 Å². The zero-order valence-electron chi connectivity index (χ0n) is 12.9. The molecule has 110 valence electrons. The van der Waals surface area contributed by atoms with E-state index >= 15 is 0 Å². The van der Waals surface area contributed by atoms with E-state index in [1.807, 2.05) is 0 Å². The van der Waals surface area contributed by atoms with Crippen molar-refractivity contribution >= 4 is 0 Å². The molecular formula is C17H27N3. The Morgan fingerprint density at radius 2 is 1.90 bits per heavy atom. The van der Waals surface area contributed by atoms with Crippen LogP contribution < -0.4 is 0 Å². The van der Waals surface area contributed by atoms with Gasteiger partial charge in [-0.15, -0.1) is 0 Å². The fourth-order valence-electron chi connectivity index (χ4n) is 3.17. The molecule has 3 rings (SSSR count). The molecular weight excluding hydrogens is 246 g/mol. The molecule has 0 N–H and O–H groups in total. The number of piperazine rings is 1. The largest absolute Gasteiger partial charge is 0.298 e. The van der Waals surface area contributed by atoms with Crippen LogP contribution >= 0.6 is 0 Å². The molecule has 2 fully saturated rings. The second kappa shape index (κ2) is 6.23. The van der Waals surface area contributed by atoms with Crippen LogP contribution in [0.5, 0.6) is 0 Å². The molecule has 0 amide bonds. The SMILES string of the molecule is CC(C)c1ccc(CN2CCN(C3CCC3)CC2)cn1. The molecule has 0 atom stereocenters. The lowest BCUT2D eigenvalue weighted by atomic mass is 9.91. The molecule has 0 radical (unpaired) electrons. The predicted molar refractivity (Wildman–Crippen MR) is 82.8 cm³/mol. The average Bonchev–Trinajstić information content (AvgIpc) is 2.39. The lowest BCUT2D eigenvalue weighted by Gasteiger charge is -2.43. The van der Waals surface area contributed by atoms with Crippen molar-refractivity contribution in [2.75, 3.05) is 26.2 Å². The van der Waals surface area contributed by atoms with Gasteiger partial charge in [-0.3, -0.25) is 14.8 Å². The maximum absolute atomic E-state index is 4.57. The topological polar surface area (TPSA) is 19.4 Å². The van der Waals surface area contributed by atoms with Gasteiger partial charge in [-0.2, -0.15) is 0 Å². The standard InChI is InChI=1S/C17H27N3/c1-14(2)17-7-6-15(12-18-17)13-19-8-10-20(11-9-19)16-4-3-5-16/h6-7,12,14,16H,3-5,8-11,13H2,1-2H3. The molecule has 1 saturated carbocycles. The summed E-state index contributed by atoms with van der Waals surface area (Å²) in [6.07, 6.45) is 6.37. The second-order valence-corrected chi connectivity index (χ2v) is 6.64. The molecule has 0 unspecified atom stereocenters. The van der Waals surface area contributed by atoms with E-state index in [0.717, 1.165) is 12.6 Å². The van der Waals surface area contributed by atoms with Crippen LogP contribution in [-0.2, 0) is 6.54 Å². The van der Waals surface area contributed by atoms with E-state index in [1.165, 1.54) is 56.7 Å². The maximum atomic E-state index is 4.57. The summed E-state index contributed by atoms with van der Waals surface area (Å²) in [5, 5.41) is 0. The Bertz CT molecular complexity index is 414. The van der Waals surface area contributed by atoms with E-state index in [4.69, 9.17) is 0 Å². The molecule has 2 heterocycles. The number of rotatable bonds is 4. The van der Waals surface area contributed by atoms with Crippen molar-refractivity contribution in [1.82, 2.24) is 14.8 Å². The Labute approximate surface area is 123 Å². The van der Waals surface area contributed by atoms with Crippen LogP contribution in [0.15, 0.2) is 18.3 Å². The van der Waals surface area contributed by atoms with Gasteiger partial charge >= 0.3 is 0 Å². The van der Waals surface area contributed by atoms with E-state index in [2.05, 4.69) is 47.0 Å². The molecule has 1 aromatic rings. The van der Waals surface area contributed by atoms with Crippen molar-refractivity contribution < 1.29 is 0 Å². The lowest BCUT2D eigenvalue weighted by molar-refractivity contribution is 0.0587. The van der Waals surface area contributed by atoms with E-state index in [9.17, 15) is 0 Å². The fraction of sp³-hybridized carbons (Fsp3) is 0.706. The zero-order chi connectivity index (χ0) is 13.9. The Balaban J connectivity index is 1.49. The minimum atomic E-state index is 0.523. The number of aromatic nitrogens is 1. The summed E-state index contributed by atoms with van der Waals surface area (Å²) in [6.45, 7) is 10.4. The monoisotopic (exact) mass is 273 g/mol. The van der Waals surface area contributed by atoms with Crippen LogP contribution in [-0.4, -0.2) is 47.0 Å². The van der Waals surface area contributed by atoms with Crippen LogP contribution in [0.2, 0.25) is 0 Å². The van der Waals surface area contributed by atoms with E-state index in [-0.39, 0.29) is 0 Å². The van der Waals surface area contributed by atoms with Crippen molar-refractivity contribution in [3.05, 3.63) is 29.6 Å². The van der Waals surface area contributed by atoms with Gasteiger partial charge in [0.25, 0.3) is 0 Å². The first kappa shape index (κ1) is 14.0. The van der Waals surface area contributed by atoms with Gasteiger partial charge in [-0.05, 0) is 30.4 Å². The van der Waals surface area contributed by atoms with Crippen LogP contribution in [0.4, 0.5) is 0 Å². The normalized spacial score (nSPS) is 22.1. The highest BCUT2D eigenvalue weighted by Crippen LogP contribution is 2.25. The first-order valence-corrected chi connectivity index (χ1v) is 8.13. The molecule has 1 aliphatic heterocycles. The molecule has 0 spiro atoms. The third-order valence-electron chi connectivity index (χ3n) is 4.84. The quantitative estimate of drug-likeness (QED) is 0.841. The predicted octanol–water partition coefficient (Wildman–Crippen LogP) is 2.88. The molecule has 1 saturated heterocycles. The maximum Gasteiger partial charge on any atom is 0.0429 e. The van der Waals surface area contributed by atoms with Crippen molar-refractivity contribution in [3.63, 3.8) is 0 Å². The first-order valence-electron chi connectivity index (χ1n) is 8.13. The van der Waals surface area contributed by atoms with Gasteiger partial charge in [0.2, 0.25) is 0 Å². The Kier molecular flexibility index (Phi) is 4.37. The van der Waals surface area contributed by atoms with E-state index in [1.54, 1.807) is 0 Å². The van der Waals surface area contributed by atoms with Crippen LogP contribution in [0.25, 0.3) is 0 Å². The zero-order valence-corrected chi connectivity index (χ0v) is 12.9. The summed E-state index contributed by atoms with van der Waals surface area (Å²) in [5.74, 6) is 0.523. The number of hydrogen-bond acceptors (Lipinski definition) is 3. The smallest absolute Gasteiger partial charge is 0.0429 e. The number of nitrogens with zero attached hydrogens (tertiary/aromatic N) is 3. The minimum absolute atomic E-state index is 0.523. The summed E-state index contributed by atoms with van der Waals surface area (Å²) in [7, 11) is 0. The fourth-order valence-corrected chi connectivity index (χ4v) is 3.17. The van der Waals surface area contributed by atoms with Crippen LogP contribution in [0.1, 0.15) is 50.3 Å². The van der Waals surface area contributed by atoms with Crippen molar-refractivity contribution in [1.29, 1.82) is 0 Å². The average molecular weight is 273 g/mol. The summed E-state index contributed by atoms with van der Waals surface area (Å²) in [4.78, 5) is 9.84. The molecule has 3 heteroatoms. The van der Waals surface area contributed by atoms with Gasteiger partial charge in [0.15, 0.2) is 0 Å². The van der Waals surface area contributed by atoms with Gasteiger partial charge in [-0.1, -0.05) is 26.3 Å². The summed E-state index contributed by atoms with van der Waals surface area (Å²) < 4.78 is 0. The third kappa shape index (κ3) is 3.21. The highest BCUT2D eigenvalue weighted by atomic mass is 15.3. The summed E-state index contributed by atoms with van der Waals surface area (Å²) in [6, 6.07) is 5.34. The molecule has 20 heavy (non-hydrogen) atoms. The lowest BCUT2D eigenvalue weighted by Crippen LogP contribution is -2.51. The third-order valence-corrected chi connectivity index (χ3v) is 4.84. The number of pyridine rings is 1. The van der Waals surface area contributed by atoms with Crippen molar-refractivity contribution in [3.8, 4) is 0 Å². The Morgan fingerprint density at radius 1 is 1.15 bits per heavy atom. The Hall–Kier alpha value is -0.930. The van der Waals surface area contributed by atoms with Crippen LogP contribution in [0.3, 0.4) is 0 Å². The minimum Gasteiger partial charge on any atom is -0.298 e. The molecule has 0 aromatic carbocycles. The van der Waals surface area contributed by atoms with Crippen LogP contribution in [0, 0.1) is 0 Å². The number of hydrogen-bond donors (Lipinski definition) is 0. The summed E-state index contributed by atoms with van der Waals surface area (Å²) in [5.41, 5.74) is 2.55. The van der Waals surface area contributed by atoms with E-state index < -0.39 is 0 Å². The second-order valence-electron chi connectivity index (χ2n) is 6.64. The molecule has 1 aliphatic carbocycles. The summed E-state index contributed by atoms with van der Waals surface area (Å²) >= 11 is 0. The van der Waals surface area contributed by atoms with Crippen molar-refractivity contribution in [2.45, 2.75) is 51.6 Å². The molecule has 0 bridgehead atoms. The highest BCUT2D eigenvalue weighted by molar-refractivity contribution is 5.16. The molecule has 2 aliphatic rings. The van der Waals surface area contributed by atoms with Gasteiger partial charge in [0.1, 0.15) is 0 Å². The van der Waals surface area contributed by atoms with Gasteiger partial charge in [-0.25, -0.2) is 0 Å². The van der Waals surface area contributed by atoms with Gasteiger partial charge in [0.05, 0.1) is 0 Å². The molecule has 1 aromatic heterocycles. The first-order chi connectivity index (χ1) is 9.72. The van der Waals surface area contributed by atoms with Crippen molar-refractivity contribution in [2.24, 2.45) is 0 Å². The van der Waals surface area contributed by atoms with E-state index in [0.29, 0.717) is 5.92 Å².